The van der Waals surface area contributed by atoms with Gasteiger partial charge in [-0.25, -0.2) is 12.8 Å². The summed E-state index contributed by atoms with van der Waals surface area (Å²) in [6, 6.07) is 5.94. The number of benzene rings is 1. The van der Waals surface area contributed by atoms with Gasteiger partial charge in [-0.15, -0.1) is 0 Å². The molecule has 0 aromatic heterocycles. The van der Waals surface area contributed by atoms with E-state index in [0.717, 1.165) is 0 Å². The molecule has 1 fully saturated rings. The summed E-state index contributed by atoms with van der Waals surface area (Å²) in [5, 5.41) is 0. The second kappa shape index (κ2) is 5.88. The first-order chi connectivity index (χ1) is 8.96. The predicted octanol–water partition coefficient (Wildman–Crippen LogP) is 1.32. The molecule has 2 rings (SSSR count). The first kappa shape index (κ1) is 14.3. The molecule has 1 aliphatic heterocycles. The van der Waals surface area contributed by atoms with Crippen molar-refractivity contribution in [3.05, 3.63) is 30.1 Å². The van der Waals surface area contributed by atoms with E-state index in [9.17, 15) is 12.8 Å². The van der Waals surface area contributed by atoms with Crippen molar-refractivity contribution in [3.8, 4) is 5.75 Å². The maximum absolute atomic E-state index is 12.7. The predicted molar refractivity (Wildman–Crippen MR) is 71.6 cm³/mol. The average Bonchev–Trinajstić information content (AvgIpc) is 2.72. The maximum Gasteiger partial charge on any atom is 0.151 e. The van der Waals surface area contributed by atoms with Gasteiger partial charge >= 0.3 is 0 Å². The van der Waals surface area contributed by atoms with Crippen molar-refractivity contribution in [1.29, 1.82) is 0 Å². The number of ether oxygens (including phenoxy) is 1. The molecule has 0 saturated carbocycles. The Bertz CT molecular complexity index is 515. The molecule has 0 radical (unpaired) electrons. The van der Waals surface area contributed by atoms with Gasteiger partial charge < -0.3 is 4.74 Å². The van der Waals surface area contributed by atoms with E-state index in [4.69, 9.17) is 4.74 Å². The molecular formula is C13H18FNO3S. The zero-order valence-electron chi connectivity index (χ0n) is 10.9. The SMILES string of the molecule is CN(CCOc1ccc(F)cc1)C1CCS(=O)(=O)C1. The van der Waals surface area contributed by atoms with Gasteiger partial charge in [-0.05, 0) is 37.7 Å². The summed E-state index contributed by atoms with van der Waals surface area (Å²) in [5.74, 6) is 0.843. The summed E-state index contributed by atoms with van der Waals surface area (Å²) in [4.78, 5) is 2.01. The van der Waals surface area contributed by atoms with Gasteiger partial charge in [0.15, 0.2) is 9.84 Å². The number of hydrogen-bond donors (Lipinski definition) is 0. The molecule has 1 aliphatic rings. The number of nitrogens with zero attached hydrogens (tertiary/aromatic N) is 1. The summed E-state index contributed by atoms with van der Waals surface area (Å²) in [6.45, 7) is 1.11. The van der Waals surface area contributed by atoms with Gasteiger partial charge in [0.2, 0.25) is 0 Å². The van der Waals surface area contributed by atoms with Crippen LogP contribution < -0.4 is 4.74 Å². The molecule has 1 aromatic rings. The fourth-order valence-electron chi connectivity index (χ4n) is 2.14. The molecule has 1 unspecified atom stereocenters. The fourth-order valence-corrected chi connectivity index (χ4v) is 3.95. The lowest BCUT2D eigenvalue weighted by Crippen LogP contribution is -2.35. The summed E-state index contributed by atoms with van der Waals surface area (Å²) in [5.41, 5.74) is 0. The molecule has 1 heterocycles. The molecule has 0 bridgehead atoms. The third-order valence-electron chi connectivity index (χ3n) is 3.36. The highest BCUT2D eigenvalue weighted by Crippen LogP contribution is 2.16. The normalized spacial score (nSPS) is 21.7. The molecule has 106 valence electrons. The lowest BCUT2D eigenvalue weighted by atomic mass is 10.2. The Labute approximate surface area is 113 Å². The molecule has 6 heteroatoms. The van der Waals surface area contributed by atoms with Crippen molar-refractivity contribution in [2.75, 3.05) is 31.7 Å². The van der Waals surface area contributed by atoms with Crippen LogP contribution in [0.4, 0.5) is 4.39 Å². The Balaban J connectivity index is 1.75. The molecule has 0 N–H and O–H groups in total. The van der Waals surface area contributed by atoms with Crippen LogP contribution in [0.15, 0.2) is 24.3 Å². The van der Waals surface area contributed by atoms with Gasteiger partial charge in [0.1, 0.15) is 18.2 Å². The van der Waals surface area contributed by atoms with Crippen molar-refractivity contribution >= 4 is 9.84 Å². The first-order valence-electron chi connectivity index (χ1n) is 6.25. The molecular weight excluding hydrogens is 269 g/mol. The minimum absolute atomic E-state index is 0.0850. The van der Waals surface area contributed by atoms with E-state index in [0.29, 0.717) is 25.3 Å². The summed E-state index contributed by atoms with van der Waals surface area (Å²) >= 11 is 0. The largest absolute Gasteiger partial charge is 0.492 e. The quantitative estimate of drug-likeness (QED) is 0.819. The fraction of sp³-hybridized carbons (Fsp3) is 0.538. The highest BCUT2D eigenvalue weighted by atomic mass is 32.2. The maximum atomic E-state index is 12.7. The lowest BCUT2D eigenvalue weighted by molar-refractivity contribution is 0.202. The van der Waals surface area contributed by atoms with E-state index in [2.05, 4.69) is 0 Å². The van der Waals surface area contributed by atoms with Crippen molar-refractivity contribution in [3.63, 3.8) is 0 Å². The average molecular weight is 287 g/mol. The van der Waals surface area contributed by atoms with Crippen LogP contribution >= 0.6 is 0 Å². The van der Waals surface area contributed by atoms with E-state index in [-0.39, 0.29) is 23.4 Å². The number of halogens is 1. The van der Waals surface area contributed by atoms with E-state index in [1.807, 2.05) is 11.9 Å². The van der Waals surface area contributed by atoms with Crippen LogP contribution in [0.2, 0.25) is 0 Å². The van der Waals surface area contributed by atoms with Crippen molar-refractivity contribution in [2.24, 2.45) is 0 Å². The van der Waals surface area contributed by atoms with Gasteiger partial charge in [0, 0.05) is 12.6 Å². The van der Waals surface area contributed by atoms with Crippen LogP contribution in [0.25, 0.3) is 0 Å². The van der Waals surface area contributed by atoms with Gasteiger partial charge in [0.25, 0.3) is 0 Å². The Hall–Kier alpha value is -1.14. The second-order valence-electron chi connectivity index (χ2n) is 4.84. The van der Waals surface area contributed by atoms with Crippen LogP contribution in [-0.4, -0.2) is 51.1 Å². The highest BCUT2D eigenvalue weighted by molar-refractivity contribution is 7.91. The molecule has 0 amide bonds. The van der Waals surface area contributed by atoms with Crippen LogP contribution in [-0.2, 0) is 9.84 Å². The van der Waals surface area contributed by atoms with E-state index >= 15 is 0 Å². The number of hydrogen-bond acceptors (Lipinski definition) is 4. The first-order valence-corrected chi connectivity index (χ1v) is 8.07. The van der Waals surface area contributed by atoms with Crippen LogP contribution in [0, 0.1) is 5.82 Å². The highest BCUT2D eigenvalue weighted by Gasteiger charge is 2.30. The van der Waals surface area contributed by atoms with Crippen LogP contribution in [0.1, 0.15) is 6.42 Å². The smallest absolute Gasteiger partial charge is 0.151 e. The Morgan fingerprint density at radius 1 is 1.37 bits per heavy atom. The summed E-state index contributed by atoms with van der Waals surface area (Å²) in [6.07, 6.45) is 0.690. The van der Waals surface area contributed by atoms with Gasteiger partial charge in [-0.2, -0.15) is 0 Å². The molecule has 0 aliphatic carbocycles. The second-order valence-corrected chi connectivity index (χ2v) is 7.07. The monoisotopic (exact) mass is 287 g/mol. The number of sulfone groups is 1. The van der Waals surface area contributed by atoms with Crippen LogP contribution in [0.3, 0.4) is 0 Å². The molecule has 1 aromatic carbocycles. The zero-order chi connectivity index (χ0) is 13.9. The molecule has 19 heavy (non-hydrogen) atoms. The van der Waals surface area contributed by atoms with Crippen molar-refractivity contribution < 1.29 is 17.5 Å². The summed E-state index contributed by atoms with van der Waals surface area (Å²) in [7, 11) is -0.944. The van der Waals surface area contributed by atoms with Crippen molar-refractivity contribution in [2.45, 2.75) is 12.5 Å². The summed E-state index contributed by atoms with van der Waals surface area (Å²) < 4.78 is 40.9. The molecule has 4 nitrogen and oxygen atoms in total. The van der Waals surface area contributed by atoms with Crippen LogP contribution in [0.5, 0.6) is 5.75 Å². The topological polar surface area (TPSA) is 46.6 Å². The standard InChI is InChI=1S/C13H18FNO3S/c1-15(12-6-9-19(16,17)10-12)7-8-18-13-4-2-11(14)3-5-13/h2-5,12H,6-10H2,1H3. The Morgan fingerprint density at radius 2 is 2.05 bits per heavy atom. The van der Waals surface area contributed by atoms with Crippen molar-refractivity contribution in [1.82, 2.24) is 4.90 Å². The number of rotatable bonds is 5. The van der Waals surface area contributed by atoms with Gasteiger partial charge in [0.05, 0.1) is 11.5 Å². The molecule has 0 spiro atoms. The molecule has 1 atom stereocenters. The number of likely N-dealkylation sites (N-methyl/N-ethyl adjacent to an activating group) is 1. The minimum atomic E-state index is -2.85. The van der Waals surface area contributed by atoms with E-state index in [1.54, 1.807) is 12.1 Å². The van der Waals surface area contributed by atoms with E-state index < -0.39 is 9.84 Å². The third kappa shape index (κ3) is 4.18. The molecule has 1 saturated heterocycles. The Morgan fingerprint density at radius 3 is 2.63 bits per heavy atom. The van der Waals surface area contributed by atoms with Gasteiger partial charge in [-0.3, -0.25) is 4.90 Å². The van der Waals surface area contributed by atoms with E-state index in [1.165, 1.54) is 12.1 Å². The Kier molecular flexibility index (Phi) is 4.42. The third-order valence-corrected chi connectivity index (χ3v) is 5.11. The van der Waals surface area contributed by atoms with Gasteiger partial charge in [-0.1, -0.05) is 0 Å². The zero-order valence-corrected chi connectivity index (χ0v) is 11.7. The minimum Gasteiger partial charge on any atom is -0.492 e. The lowest BCUT2D eigenvalue weighted by Gasteiger charge is -2.22.